The maximum Gasteiger partial charge on any atom is 0.359 e. The Balaban J connectivity index is 3.44. The lowest BCUT2D eigenvalue weighted by molar-refractivity contribution is -0.225. The number of hydrogen-bond donors (Lipinski definition) is 2. The van der Waals surface area contributed by atoms with Crippen LogP contribution in [0.4, 0.5) is 0 Å². The van der Waals surface area contributed by atoms with E-state index < -0.39 is 80.7 Å². The van der Waals surface area contributed by atoms with Crippen molar-refractivity contribution >= 4 is 31.4 Å². The summed E-state index contributed by atoms with van der Waals surface area (Å²) in [4.78, 5) is 47.2. The fourth-order valence-corrected chi connectivity index (χ4v) is 5.00. The van der Waals surface area contributed by atoms with E-state index in [4.69, 9.17) is 28.0 Å². The molecular weight excluding hydrogens is 501 g/mol. The van der Waals surface area contributed by atoms with E-state index in [-0.39, 0.29) is 13.2 Å². The number of esters is 3. The zero-order valence-corrected chi connectivity index (χ0v) is 21.6. The van der Waals surface area contributed by atoms with Gasteiger partial charge >= 0.3 is 25.5 Å². The zero-order valence-electron chi connectivity index (χ0n) is 20.7. The number of aliphatic hydroxyl groups is 1. The normalized spacial score (nSPS) is 24.6. The molecule has 0 aliphatic carbocycles. The molecule has 0 saturated carbocycles. The van der Waals surface area contributed by atoms with Gasteiger partial charge in [0.25, 0.3) is 0 Å². The van der Waals surface area contributed by atoms with Crippen LogP contribution in [0.25, 0.3) is 0 Å². The molecule has 0 radical (unpaired) electrons. The predicted molar refractivity (Wildman–Crippen MR) is 125 cm³/mol. The highest BCUT2D eigenvalue weighted by molar-refractivity contribution is 7.54. The van der Waals surface area contributed by atoms with Crippen LogP contribution >= 0.6 is 7.60 Å². The average molecular weight is 535 g/mol. The highest BCUT2D eigenvalue weighted by Gasteiger charge is 2.52. The number of nitrogens with one attached hydrogen (secondary N) is 1. The fraction of sp³-hybridized carbons (Fsp3) is 0.636. The van der Waals surface area contributed by atoms with Crippen LogP contribution in [0.1, 0.15) is 34.1 Å². The van der Waals surface area contributed by atoms with Crippen LogP contribution in [-0.4, -0.2) is 85.0 Å². The van der Waals surface area contributed by atoms with Gasteiger partial charge in [0.1, 0.15) is 12.7 Å². The first-order valence-electron chi connectivity index (χ1n) is 11.0. The van der Waals surface area contributed by atoms with Crippen molar-refractivity contribution in [3.8, 4) is 0 Å². The van der Waals surface area contributed by atoms with Gasteiger partial charge in [-0.05, 0) is 0 Å². The molecule has 2 N–H and O–H groups in total. The second kappa shape index (κ2) is 14.9. The van der Waals surface area contributed by atoms with Gasteiger partial charge in [0.15, 0.2) is 18.1 Å². The first kappa shape index (κ1) is 31.5. The van der Waals surface area contributed by atoms with Crippen LogP contribution < -0.4 is 5.32 Å². The van der Waals surface area contributed by atoms with E-state index in [1.807, 2.05) is 0 Å². The summed E-state index contributed by atoms with van der Waals surface area (Å²) in [6.07, 6.45) is -2.80. The largest absolute Gasteiger partial charge is 0.463 e. The number of hydrogen-bond acceptors (Lipinski definition) is 12. The van der Waals surface area contributed by atoms with Crippen molar-refractivity contribution in [2.75, 3.05) is 19.8 Å². The van der Waals surface area contributed by atoms with E-state index in [2.05, 4.69) is 18.5 Å². The smallest absolute Gasteiger partial charge is 0.359 e. The molecule has 0 spiro atoms. The minimum absolute atomic E-state index is 0.203. The maximum absolute atomic E-state index is 13.2. The van der Waals surface area contributed by atoms with Crippen LogP contribution in [-0.2, 0) is 51.7 Å². The van der Waals surface area contributed by atoms with E-state index in [9.17, 15) is 28.8 Å². The molecule has 1 fully saturated rings. The summed E-state index contributed by atoms with van der Waals surface area (Å²) in [6, 6.07) is -1.17. The van der Waals surface area contributed by atoms with Crippen molar-refractivity contribution in [2.45, 2.75) is 70.4 Å². The van der Waals surface area contributed by atoms with Crippen LogP contribution in [0.5, 0.6) is 0 Å². The Hall–Kier alpha value is -2.57. The molecule has 1 amide bonds. The van der Waals surface area contributed by atoms with Gasteiger partial charge in [0, 0.05) is 34.1 Å². The predicted octanol–water partition coefficient (Wildman–Crippen LogP) is 0.992. The second-order valence-corrected chi connectivity index (χ2v) is 10.0. The molecule has 1 aliphatic rings. The molecule has 1 saturated heterocycles. The first-order chi connectivity index (χ1) is 16.8. The van der Waals surface area contributed by atoms with Crippen molar-refractivity contribution in [3.05, 3.63) is 25.3 Å². The van der Waals surface area contributed by atoms with Crippen LogP contribution in [0, 0.1) is 0 Å². The molecule has 14 heteroatoms. The molecular formula is C22H34NO12P. The third-order valence-corrected chi connectivity index (χ3v) is 6.73. The Morgan fingerprint density at radius 2 is 1.47 bits per heavy atom. The Morgan fingerprint density at radius 3 is 1.92 bits per heavy atom. The lowest BCUT2D eigenvalue weighted by atomic mass is 9.90. The Labute approximate surface area is 209 Å². The highest BCUT2D eigenvalue weighted by Crippen LogP contribution is 2.54. The van der Waals surface area contributed by atoms with Gasteiger partial charge < -0.3 is 38.4 Å². The van der Waals surface area contributed by atoms with Crippen molar-refractivity contribution in [1.29, 1.82) is 0 Å². The number of ether oxygens (including phenoxy) is 4. The second-order valence-electron chi connectivity index (χ2n) is 7.82. The minimum atomic E-state index is -4.16. The van der Waals surface area contributed by atoms with E-state index in [1.54, 1.807) is 0 Å². The van der Waals surface area contributed by atoms with Crippen molar-refractivity contribution < 1.29 is 56.8 Å². The fourth-order valence-electron chi connectivity index (χ4n) is 3.49. The van der Waals surface area contributed by atoms with E-state index in [1.165, 1.54) is 19.1 Å². The monoisotopic (exact) mass is 535 g/mol. The lowest BCUT2D eigenvalue weighted by Gasteiger charge is -2.46. The summed E-state index contributed by atoms with van der Waals surface area (Å²) in [5, 5.41) is 13.4. The third kappa shape index (κ3) is 9.82. The van der Waals surface area contributed by atoms with Gasteiger partial charge in [0.05, 0.1) is 25.4 Å². The number of amides is 1. The van der Waals surface area contributed by atoms with Gasteiger partial charge in [-0.15, -0.1) is 13.2 Å². The molecule has 0 aromatic heterocycles. The summed E-state index contributed by atoms with van der Waals surface area (Å²) < 4.78 is 45.4. The Morgan fingerprint density at radius 1 is 0.944 bits per heavy atom. The van der Waals surface area contributed by atoms with E-state index in [0.717, 1.165) is 20.8 Å². The van der Waals surface area contributed by atoms with E-state index >= 15 is 0 Å². The standard InChI is InChI=1S/C22H34NO12P/c1-7-9-31-36(29,32-10-8-2)19(28)11-17-20(23-13(3)24)22(34-16(6)27)21(33-15(5)26)18(35-17)12-30-14(4)25/h7-8,17-22,28H,1-2,9-12H2,3-6H3,(H,23,24)/t17-,18-,19?,20+,21-,22-/m1/s1. The van der Waals surface area contributed by atoms with Crippen LogP contribution in [0.2, 0.25) is 0 Å². The van der Waals surface area contributed by atoms with Crippen molar-refractivity contribution in [3.63, 3.8) is 0 Å². The molecule has 1 heterocycles. The quantitative estimate of drug-likeness (QED) is 0.140. The summed E-state index contributed by atoms with van der Waals surface area (Å²) >= 11 is 0. The highest BCUT2D eigenvalue weighted by atomic mass is 31.2. The van der Waals surface area contributed by atoms with Gasteiger partial charge in [-0.1, -0.05) is 12.2 Å². The van der Waals surface area contributed by atoms with E-state index in [0.29, 0.717) is 0 Å². The molecule has 1 unspecified atom stereocenters. The first-order valence-corrected chi connectivity index (χ1v) is 12.6. The van der Waals surface area contributed by atoms with Crippen molar-refractivity contribution in [1.82, 2.24) is 5.32 Å². The molecule has 204 valence electrons. The molecule has 36 heavy (non-hydrogen) atoms. The van der Waals surface area contributed by atoms with Gasteiger partial charge in [-0.25, -0.2) is 0 Å². The summed E-state index contributed by atoms with van der Waals surface area (Å²) in [6.45, 7) is 10.7. The Bertz CT molecular complexity index is 846. The zero-order chi connectivity index (χ0) is 27.5. The molecule has 1 aliphatic heterocycles. The van der Waals surface area contributed by atoms with Gasteiger partial charge in [-0.3, -0.25) is 23.7 Å². The topological polar surface area (TPSA) is 173 Å². The molecule has 0 aromatic rings. The molecule has 6 atom stereocenters. The summed E-state index contributed by atoms with van der Waals surface area (Å²) in [5.74, 6) is -4.52. The Kier molecular flexibility index (Phi) is 13.0. The molecule has 13 nitrogen and oxygen atoms in total. The number of carbonyl (C=O) groups is 4. The lowest BCUT2D eigenvalue weighted by Crippen LogP contribution is -2.66. The SMILES string of the molecule is C=CCOP(=O)(OCC=C)C(O)C[C@H]1O[C@H](COC(C)=O)[C@@H](OC(C)=O)[C@H](OC(C)=O)[C@H]1NC(C)=O. The van der Waals surface area contributed by atoms with Crippen LogP contribution in [0.15, 0.2) is 25.3 Å². The van der Waals surface area contributed by atoms with Gasteiger partial charge in [-0.2, -0.15) is 0 Å². The third-order valence-electron chi connectivity index (χ3n) is 4.77. The number of carbonyl (C=O) groups excluding carboxylic acids is 4. The van der Waals surface area contributed by atoms with Gasteiger partial charge in [0.2, 0.25) is 5.91 Å². The summed E-state index contributed by atoms with van der Waals surface area (Å²) in [7, 11) is -4.16. The van der Waals surface area contributed by atoms with Crippen LogP contribution in [0.3, 0.4) is 0 Å². The minimum Gasteiger partial charge on any atom is -0.463 e. The molecule has 1 rings (SSSR count). The van der Waals surface area contributed by atoms with Crippen molar-refractivity contribution in [2.24, 2.45) is 0 Å². The average Bonchev–Trinajstić information content (AvgIpc) is 2.77. The molecule has 0 aromatic carbocycles. The molecule has 0 bridgehead atoms. The summed E-state index contributed by atoms with van der Waals surface area (Å²) in [5.41, 5.74) is 0. The number of rotatable bonds is 14. The maximum atomic E-state index is 13.2. The number of aliphatic hydroxyl groups excluding tert-OH is 1.